The van der Waals surface area contributed by atoms with Crippen LogP contribution in [0.3, 0.4) is 0 Å². The summed E-state index contributed by atoms with van der Waals surface area (Å²) in [5.74, 6) is 0.442. The lowest BCUT2D eigenvalue weighted by Crippen LogP contribution is -2.31. The van der Waals surface area contributed by atoms with Crippen LogP contribution in [-0.4, -0.2) is 49.9 Å². The quantitative estimate of drug-likeness (QED) is 0.763. The standard InChI is InChI=1S/C14H19N5OS/c1-4-18(5-2)13(20)10-21-14-15-16-17-19(14)12-9-7-6-8-11(12)3/h6-9H,4-5,10H2,1-3H3. The molecule has 21 heavy (non-hydrogen) atoms. The van der Waals surface area contributed by atoms with Gasteiger partial charge in [0.15, 0.2) is 0 Å². The Bertz CT molecular complexity index is 609. The van der Waals surface area contributed by atoms with Crippen LogP contribution in [-0.2, 0) is 4.79 Å². The van der Waals surface area contributed by atoms with Gasteiger partial charge in [-0.05, 0) is 42.8 Å². The lowest BCUT2D eigenvalue weighted by Gasteiger charge is -2.17. The number of aromatic nitrogens is 4. The Morgan fingerprint density at radius 2 is 2.00 bits per heavy atom. The second kappa shape index (κ2) is 7.21. The van der Waals surface area contributed by atoms with Crippen LogP contribution in [0.4, 0.5) is 0 Å². The molecule has 0 aliphatic rings. The van der Waals surface area contributed by atoms with Gasteiger partial charge in [-0.15, -0.1) is 5.10 Å². The maximum atomic E-state index is 12.0. The van der Waals surface area contributed by atoms with E-state index in [1.165, 1.54) is 11.8 Å². The van der Waals surface area contributed by atoms with Gasteiger partial charge in [-0.1, -0.05) is 30.0 Å². The van der Waals surface area contributed by atoms with Crippen molar-refractivity contribution in [1.29, 1.82) is 0 Å². The molecular formula is C14H19N5OS. The highest BCUT2D eigenvalue weighted by Gasteiger charge is 2.15. The lowest BCUT2D eigenvalue weighted by molar-refractivity contribution is -0.127. The number of benzene rings is 1. The molecule has 112 valence electrons. The van der Waals surface area contributed by atoms with Crippen LogP contribution in [0.5, 0.6) is 0 Å². The zero-order valence-corrected chi connectivity index (χ0v) is 13.3. The van der Waals surface area contributed by atoms with E-state index in [0.717, 1.165) is 24.3 Å². The minimum Gasteiger partial charge on any atom is -0.343 e. The molecular weight excluding hydrogens is 286 g/mol. The summed E-state index contributed by atoms with van der Waals surface area (Å²) in [5, 5.41) is 12.4. The summed E-state index contributed by atoms with van der Waals surface area (Å²) in [7, 11) is 0. The summed E-state index contributed by atoms with van der Waals surface area (Å²) in [4.78, 5) is 13.8. The number of nitrogens with zero attached hydrogens (tertiary/aromatic N) is 5. The molecule has 2 rings (SSSR count). The van der Waals surface area contributed by atoms with E-state index in [1.54, 1.807) is 9.58 Å². The van der Waals surface area contributed by atoms with Crippen molar-refractivity contribution in [3.8, 4) is 5.69 Å². The van der Waals surface area contributed by atoms with E-state index in [1.807, 2.05) is 45.0 Å². The number of hydrogen-bond donors (Lipinski definition) is 0. The van der Waals surface area contributed by atoms with E-state index in [2.05, 4.69) is 15.5 Å². The average Bonchev–Trinajstić information content (AvgIpc) is 2.95. The van der Waals surface area contributed by atoms with Crippen LogP contribution >= 0.6 is 11.8 Å². The van der Waals surface area contributed by atoms with Crippen LogP contribution in [0.15, 0.2) is 29.4 Å². The molecule has 1 amide bonds. The summed E-state index contributed by atoms with van der Waals surface area (Å²) >= 11 is 1.36. The van der Waals surface area contributed by atoms with Gasteiger partial charge >= 0.3 is 0 Å². The zero-order chi connectivity index (χ0) is 15.2. The Hall–Kier alpha value is -1.89. The second-order valence-corrected chi connectivity index (χ2v) is 5.46. The van der Waals surface area contributed by atoms with Crippen molar-refractivity contribution in [1.82, 2.24) is 25.1 Å². The predicted molar refractivity (Wildman–Crippen MR) is 82.5 cm³/mol. The Labute approximate surface area is 128 Å². The Balaban J connectivity index is 2.12. The minimum absolute atomic E-state index is 0.101. The number of hydrogen-bond acceptors (Lipinski definition) is 5. The number of tetrazole rings is 1. The first-order valence-corrected chi connectivity index (χ1v) is 7.90. The molecule has 2 aromatic rings. The molecule has 0 aliphatic carbocycles. The summed E-state index contributed by atoms with van der Waals surface area (Å²) < 4.78 is 1.68. The van der Waals surface area contributed by atoms with Crippen molar-refractivity contribution < 1.29 is 4.79 Å². The molecule has 0 spiro atoms. The van der Waals surface area contributed by atoms with Crippen molar-refractivity contribution in [2.75, 3.05) is 18.8 Å². The number of aryl methyl sites for hydroxylation is 1. The lowest BCUT2D eigenvalue weighted by atomic mass is 10.2. The fourth-order valence-electron chi connectivity index (χ4n) is 2.02. The topological polar surface area (TPSA) is 63.9 Å². The fraction of sp³-hybridized carbons (Fsp3) is 0.429. The Morgan fingerprint density at radius 1 is 1.29 bits per heavy atom. The van der Waals surface area contributed by atoms with E-state index in [4.69, 9.17) is 0 Å². The highest BCUT2D eigenvalue weighted by atomic mass is 32.2. The molecule has 7 heteroatoms. The number of para-hydroxylation sites is 1. The fourth-order valence-corrected chi connectivity index (χ4v) is 2.80. The van der Waals surface area contributed by atoms with Crippen LogP contribution in [0.25, 0.3) is 5.69 Å². The number of rotatable bonds is 6. The summed E-state index contributed by atoms with van der Waals surface area (Å²) in [6, 6.07) is 7.88. The van der Waals surface area contributed by atoms with E-state index < -0.39 is 0 Å². The van der Waals surface area contributed by atoms with Crippen molar-refractivity contribution in [2.45, 2.75) is 25.9 Å². The smallest absolute Gasteiger partial charge is 0.233 e. The van der Waals surface area contributed by atoms with Gasteiger partial charge in [0.05, 0.1) is 11.4 Å². The molecule has 0 aliphatic heterocycles. The summed E-state index contributed by atoms with van der Waals surface area (Å²) in [6.45, 7) is 7.40. The molecule has 0 saturated carbocycles. The molecule has 0 N–H and O–H groups in total. The maximum Gasteiger partial charge on any atom is 0.233 e. The highest BCUT2D eigenvalue weighted by Crippen LogP contribution is 2.20. The first-order chi connectivity index (χ1) is 10.2. The first kappa shape index (κ1) is 15.5. The minimum atomic E-state index is 0.101. The van der Waals surface area contributed by atoms with Crippen molar-refractivity contribution in [2.24, 2.45) is 0 Å². The van der Waals surface area contributed by atoms with Gasteiger partial charge in [-0.25, -0.2) is 0 Å². The van der Waals surface area contributed by atoms with Crippen LogP contribution < -0.4 is 0 Å². The van der Waals surface area contributed by atoms with Gasteiger partial charge in [-0.3, -0.25) is 4.79 Å². The third-order valence-corrected chi connectivity index (χ3v) is 4.13. The number of amides is 1. The van der Waals surface area contributed by atoms with Crippen molar-refractivity contribution in [3.63, 3.8) is 0 Å². The second-order valence-electron chi connectivity index (χ2n) is 4.51. The normalized spacial score (nSPS) is 10.6. The molecule has 0 radical (unpaired) electrons. The maximum absolute atomic E-state index is 12.0. The molecule has 0 saturated heterocycles. The van der Waals surface area contributed by atoms with Gasteiger partial charge < -0.3 is 4.90 Å². The monoisotopic (exact) mass is 305 g/mol. The van der Waals surface area contributed by atoms with E-state index in [9.17, 15) is 4.79 Å². The first-order valence-electron chi connectivity index (χ1n) is 6.92. The van der Waals surface area contributed by atoms with Gasteiger partial charge in [0, 0.05) is 13.1 Å². The van der Waals surface area contributed by atoms with E-state index in [-0.39, 0.29) is 5.91 Å². The molecule has 1 aromatic heterocycles. The Morgan fingerprint density at radius 3 is 2.67 bits per heavy atom. The third kappa shape index (κ3) is 3.60. The van der Waals surface area contributed by atoms with Crippen molar-refractivity contribution >= 4 is 17.7 Å². The molecule has 6 nitrogen and oxygen atoms in total. The number of thioether (sulfide) groups is 1. The highest BCUT2D eigenvalue weighted by molar-refractivity contribution is 7.99. The van der Waals surface area contributed by atoms with Gasteiger partial charge in [0.1, 0.15) is 0 Å². The molecule has 0 bridgehead atoms. The Kier molecular flexibility index (Phi) is 5.32. The third-order valence-electron chi connectivity index (χ3n) is 3.23. The largest absolute Gasteiger partial charge is 0.343 e. The van der Waals surface area contributed by atoms with Crippen molar-refractivity contribution in [3.05, 3.63) is 29.8 Å². The molecule has 1 aromatic carbocycles. The van der Waals surface area contributed by atoms with Gasteiger partial charge in [-0.2, -0.15) is 4.68 Å². The average molecular weight is 305 g/mol. The van der Waals surface area contributed by atoms with Gasteiger partial charge in [0.25, 0.3) is 0 Å². The van der Waals surface area contributed by atoms with Crippen LogP contribution in [0.1, 0.15) is 19.4 Å². The zero-order valence-electron chi connectivity index (χ0n) is 12.5. The van der Waals surface area contributed by atoms with Crippen LogP contribution in [0.2, 0.25) is 0 Å². The predicted octanol–water partition coefficient (Wildman–Crippen LogP) is 1.93. The summed E-state index contributed by atoms with van der Waals surface area (Å²) in [5.41, 5.74) is 2.02. The molecule has 0 atom stereocenters. The molecule has 0 unspecified atom stereocenters. The summed E-state index contributed by atoms with van der Waals surface area (Å²) in [6.07, 6.45) is 0. The van der Waals surface area contributed by atoms with Crippen LogP contribution in [0, 0.1) is 6.92 Å². The number of carbonyl (C=O) groups excluding carboxylic acids is 1. The number of carbonyl (C=O) groups is 1. The van der Waals surface area contributed by atoms with Gasteiger partial charge in [0.2, 0.25) is 11.1 Å². The SMILES string of the molecule is CCN(CC)C(=O)CSc1nnnn1-c1ccccc1C. The molecule has 1 heterocycles. The van der Waals surface area contributed by atoms with E-state index >= 15 is 0 Å². The molecule has 0 fully saturated rings. The van der Waals surface area contributed by atoms with E-state index in [0.29, 0.717) is 10.9 Å².